The van der Waals surface area contributed by atoms with Gasteiger partial charge >= 0.3 is 5.97 Å². The molecule has 0 radical (unpaired) electrons. The Morgan fingerprint density at radius 1 is 1.12 bits per heavy atom. The fourth-order valence-electron chi connectivity index (χ4n) is 1.85. The average Bonchev–Trinajstić information content (AvgIpc) is 2.55. The molecule has 0 atom stereocenters. The van der Waals surface area contributed by atoms with Gasteiger partial charge in [-0.15, -0.1) is 0 Å². The highest BCUT2D eigenvalue weighted by Crippen LogP contribution is 2.33. The molecule has 0 unspecified atom stereocenters. The monoisotopic (exact) mass is 402 g/mol. The summed E-state index contributed by atoms with van der Waals surface area (Å²) in [5.41, 5.74) is -0.570. The number of benzene rings is 2. The van der Waals surface area contributed by atoms with E-state index in [1.807, 2.05) is 0 Å². The van der Waals surface area contributed by atoms with Crippen LogP contribution in [0.15, 0.2) is 36.4 Å². The Hall–Kier alpha value is -2.35. The quantitative estimate of drug-likeness (QED) is 0.454. The average molecular weight is 404 g/mol. The van der Waals surface area contributed by atoms with Crippen LogP contribution in [0.4, 0.5) is 11.4 Å². The molecular formula is C15H9Cl3N2O5. The lowest BCUT2D eigenvalue weighted by Crippen LogP contribution is -2.21. The summed E-state index contributed by atoms with van der Waals surface area (Å²) in [4.78, 5) is 34.0. The van der Waals surface area contributed by atoms with Crippen molar-refractivity contribution in [2.24, 2.45) is 0 Å². The minimum Gasteiger partial charge on any atom is -0.452 e. The van der Waals surface area contributed by atoms with Crippen molar-refractivity contribution in [1.29, 1.82) is 0 Å². The van der Waals surface area contributed by atoms with Gasteiger partial charge < -0.3 is 10.1 Å². The van der Waals surface area contributed by atoms with Crippen molar-refractivity contribution in [3.63, 3.8) is 0 Å². The number of rotatable bonds is 5. The second-order valence-electron chi connectivity index (χ2n) is 4.64. The number of carbonyl (C=O) groups excluding carboxylic acids is 2. The number of ether oxygens (including phenoxy) is 1. The minimum absolute atomic E-state index is 0.107. The van der Waals surface area contributed by atoms with Crippen LogP contribution < -0.4 is 5.32 Å². The van der Waals surface area contributed by atoms with Crippen molar-refractivity contribution >= 4 is 58.1 Å². The zero-order valence-electron chi connectivity index (χ0n) is 12.3. The normalized spacial score (nSPS) is 10.2. The van der Waals surface area contributed by atoms with Gasteiger partial charge in [-0.05, 0) is 18.2 Å². The van der Waals surface area contributed by atoms with Gasteiger partial charge in [0.1, 0.15) is 5.56 Å². The van der Waals surface area contributed by atoms with E-state index in [-0.39, 0.29) is 26.3 Å². The molecule has 0 aromatic heterocycles. The van der Waals surface area contributed by atoms with Crippen molar-refractivity contribution in [2.75, 3.05) is 11.9 Å². The van der Waals surface area contributed by atoms with Crippen LogP contribution >= 0.6 is 34.8 Å². The summed E-state index contributed by atoms with van der Waals surface area (Å²) in [5, 5.41) is 13.8. The molecule has 0 bridgehead atoms. The standard InChI is InChI=1S/C15H9Cl3N2O5/c16-8-5-10(17)14(11(18)6-8)19-13(21)7-25-15(22)9-3-1-2-4-12(9)20(23)24/h1-6H,7H2,(H,19,21). The molecular weight excluding hydrogens is 395 g/mol. The number of hydrogen-bond acceptors (Lipinski definition) is 5. The minimum atomic E-state index is -1.00. The number of hydrogen-bond donors (Lipinski definition) is 1. The van der Waals surface area contributed by atoms with Gasteiger partial charge in [0.05, 0.1) is 20.7 Å². The molecule has 0 fully saturated rings. The number of amides is 1. The van der Waals surface area contributed by atoms with Gasteiger partial charge in [-0.2, -0.15) is 0 Å². The Bertz CT molecular complexity index is 834. The van der Waals surface area contributed by atoms with E-state index in [0.717, 1.165) is 6.07 Å². The third-order valence-electron chi connectivity index (χ3n) is 2.93. The van der Waals surface area contributed by atoms with Crippen molar-refractivity contribution in [3.8, 4) is 0 Å². The van der Waals surface area contributed by atoms with E-state index in [4.69, 9.17) is 39.5 Å². The Morgan fingerprint density at radius 3 is 2.32 bits per heavy atom. The molecule has 130 valence electrons. The van der Waals surface area contributed by atoms with Gasteiger partial charge in [0.2, 0.25) is 0 Å². The Morgan fingerprint density at radius 2 is 1.72 bits per heavy atom. The lowest BCUT2D eigenvalue weighted by molar-refractivity contribution is -0.385. The van der Waals surface area contributed by atoms with Crippen LogP contribution in [0.1, 0.15) is 10.4 Å². The van der Waals surface area contributed by atoms with Crippen LogP contribution in [-0.4, -0.2) is 23.4 Å². The lowest BCUT2D eigenvalue weighted by Gasteiger charge is -2.10. The van der Waals surface area contributed by atoms with Crippen molar-refractivity contribution in [2.45, 2.75) is 0 Å². The third kappa shape index (κ3) is 4.82. The van der Waals surface area contributed by atoms with Gasteiger partial charge in [0, 0.05) is 11.1 Å². The molecule has 0 aliphatic rings. The maximum atomic E-state index is 11.9. The first-order valence-corrected chi connectivity index (χ1v) is 7.78. The first-order valence-electron chi connectivity index (χ1n) is 6.64. The summed E-state index contributed by atoms with van der Waals surface area (Å²) < 4.78 is 4.79. The number of nitrogens with one attached hydrogen (secondary N) is 1. The first kappa shape index (κ1) is 19.0. The molecule has 0 saturated carbocycles. The highest BCUT2D eigenvalue weighted by molar-refractivity contribution is 6.42. The highest BCUT2D eigenvalue weighted by atomic mass is 35.5. The topological polar surface area (TPSA) is 98.5 Å². The number of nitro benzene ring substituents is 1. The van der Waals surface area contributed by atoms with Gasteiger partial charge in [-0.3, -0.25) is 14.9 Å². The smallest absolute Gasteiger partial charge is 0.345 e. The van der Waals surface area contributed by atoms with Gasteiger partial charge in [-0.1, -0.05) is 46.9 Å². The number of anilines is 1. The molecule has 25 heavy (non-hydrogen) atoms. The summed E-state index contributed by atoms with van der Waals surface area (Å²) in [6.07, 6.45) is 0. The van der Waals surface area contributed by atoms with Crippen LogP contribution in [0.25, 0.3) is 0 Å². The molecule has 7 nitrogen and oxygen atoms in total. The fourth-order valence-corrected chi connectivity index (χ4v) is 2.76. The third-order valence-corrected chi connectivity index (χ3v) is 3.74. The summed E-state index contributed by atoms with van der Waals surface area (Å²) in [7, 11) is 0. The first-order chi connectivity index (χ1) is 11.8. The van der Waals surface area contributed by atoms with E-state index in [2.05, 4.69) is 5.32 Å². The van der Waals surface area contributed by atoms with Gasteiger partial charge in [0.15, 0.2) is 6.61 Å². The van der Waals surface area contributed by atoms with Gasteiger partial charge in [0.25, 0.3) is 11.6 Å². The Balaban J connectivity index is 2.04. The largest absolute Gasteiger partial charge is 0.452 e. The molecule has 1 N–H and O–H groups in total. The fraction of sp³-hybridized carbons (Fsp3) is 0.0667. The Labute approximate surface area is 156 Å². The molecule has 0 heterocycles. The molecule has 1 amide bonds. The molecule has 0 aliphatic heterocycles. The summed E-state index contributed by atoms with van der Waals surface area (Å²) in [6, 6.07) is 7.99. The molecule has 2 aromatic carbocycles. The second-order valence-corrected chi connectivity index (χ2v) is 5.89. The number of esters is 1. The number of halogens is 3. The number of nitrogens with zero attached hydrogens (tertiary/aromatic N) is 1. The maximum Gasteiger partial charge on any atom is 0.345 e. The van der Waals surface area contributed by atoms with Crippen LogP contribution in [-0.2, 0) is 9.53 Å². The van der Waals surface area contributed by atoms with Crippen LogP contribution in [0, 0.1) is 10.1 Å². The van der Waals surface area contributed by atoms with Crippen LogP contribution in [0.5, 0.6) is 0 Å². The van der Waals surface area contributed by atoms with Crippen molar-refractivity contribution in [1.82, 2.24) is 0 Å². The molecule has 0 saturated heterocycles. The van der Waals surface area contributed by atoms with Gasteiger partial charge in [-0.25, -0.2) is 4.79 Å². The predicted molar refractivity (Wildman–Crippen MR) is 93.5 cm³/mol. The van der Waals surface area contributed by atoms with E-state index in [0.29, 0.717) is 0 Å². The van der Waals surface area contributed by atoms with Crippen LogP contribution in [0.2, 0.25) is 15.1 Å². The van der Waals surface area contributed by atoms with E-state index >= 15 is 0 Å². The van der Waals surface area contributed by atoms with Crippen molar-refractivity contribution in [3.05, 3.63) is 67.1 Å². The van der Waals surface area contributed by atoms with Crippen molar-refractivity contribution < 1.29 is 19.2 Å². The van der Waals surface area contributed by atoms with E-state index < -0.39 is 29.1 Å². The molecule has 2 aromatic rings. The summed E-state index contributed by atoms with van der Waals surface area (Å²) in [6.45, 7) is -0.680. The highest BCUT2D eigenvalue weighted by Gasteiger charge is 2.21. The van der Waals surface area contributed by atoms with E-state index in [9.17, 15) is 19.7 Å². The predicted octanol–water partition coefficient (Wildman–Crippen LogP) is 4.35. The summed E-state index contributed by atoms with van der Waals surface area (Å²) in [5.74, 6) is -1.73. The Kier molecular flexibility index (Phi) is 6.19. The lowest BCUT2D eigenvalue weighted by atomic mass is 10.2. The number of nitro groups is 1. The van der Waals surface area contributed by atoms with E-state index in [1.165, 1.54) is 30.3 Å². The molecule has 0 aliphatic carbocycles. The summed E-state index contributed by atoms with van der Waals surface area (Å²) >= 11 is 17.6. The molecule has 10 heteroatoms. The zero-order chi connectivity index (χ0) is 18.6. The number of para-hydroxylation sites is 1. The van der Waals surface area contributed by atoms with Crippen LogP contribution in [0.3, 0.4) is 0 Å². The molecule has 0 spiro atoms. The SMILES string of the molecule is O=C(COC(=O)c1ccccc1[N+](=O)[O-])Nc1c(Cl)cc(Cl)cc1Cl. The zero-order valence-corrected chi connectivity index (χ0v) is 14.6. The second kappa shape index (κ2) is 8.15. The van der Waals surface area contributed by atoms with E-state index in [1.54, 1.807) is 0 Å². The number of carbonyl (C=O) groups is 2. The molecule has 2 rings (SSSR count). The maximum absolute atomic E-state index is 11.9.